The molecular formula is C19H17ClFN5O2. The number of hydrogen-bond acceptors (Lipinski definition) is 4. The number of anilines is 1. The third-order valence-electron chi connectivity index (χ3n) is 3.89. The van der Waals surface area contributed by atoms with Crippen LogP contribution < -0.4 is 10.6 Å². The molecule has 9 heteroatoms. The number of carbonyl (C=O) groups is 2. The molecule has 0 saturated carbocycles. The molecular weight excluding hydrogens is 385 g/mol. The lowest BCUT2D eigenvalue weighted by Crippen LogP contribution is -2.23. The standard InChI is InChI=1S/C19H17ClFN5O2/c1-2-18(27)25-14-5-6-17(22-9-14)26-10-16(24-11-26)19(28)23-8-12-3-4-13(21)7-15(12)20/h3-7,9-11H,2,8H2,1H3,(H,23,28)(H,25,27). The van der Waals surface area contributed by atoms with Crippen LogP contribution in [0.2, 0.25) is 5.02 Å². The summed E-state index contributed by atoms with van der Waals surface area (Å²) in [5, 5.41) is 5.64. The predicted octanol–water partition coefficient (Wildman–Crippen LogP) is 3.34. The lowest BCUT2D eigenvalue weighted by atomic mass is 10.2. The zero-order chi connectivity index (χ0) is 20.1. The number of benzene rings is 1. The third-order valence-corrected chi connectivity index (χ3v) is 4.24. The Morgan fingerprint density at radius 1 is 1.21 bits per heavy atom. The maximum Gasteiger partial charge on any atom is 0.271 e. The van der Waals surface area contributed by atoms with Gasteiger partial charge in [-0.05, 0) is 29.8 Å². The number of hydrogen-bond donors (Lipinski definition) is 2. The average Bonchev–Trinajstić information content (AvgIpc) is 3.18. The average molecular weight is 402 g/mol. The molecule has 3 rings (SSSR count). The van der Waals surface area contributed by atoms with E-state index >= 15 is 0 Å². The molecule has 0 atom stereocenters. The number of nitrogens with zero attached hydrogens (tertiary/aromatic N) is 3. The van der Waals surface area contributed by atoms with Gasteiger partial charge < -0.3 is 10.6 Å². The van der Waals surface area contributed by atoms with Crippen LogP contribution in [-0.4, -0.2) is 26.3 Å². The van der Waals surface area contributed by atoms with E-state index in [0.29, 0.717) is 23.5 Å². The van der Waals surface area contributed by atoms with E-state index in [1.165, 1.54) is 36.9 Å². The van der Waals surface area contributed by atoms with Crippen molar-refractivity contribution in [2.45, 2.75) is 19.9 Å². The molecule has 0 unspecified atom stereocenters. The van der Waals surface area contributed by atoms with Crippen LogP contribution in [0.4, 0.5) is 10.1 Å². The highest BCUT2D eigenvalue weighted by molar-refractivity contribution is 6.31. The van der Waals surface area contributed by atoms with E-state index in [1.54, 1.807) is 23.6 Å². The zero-order valence-electron chi connectivity index (χ0n) is 14.9. The number of aromatic nitrogens is 3. The van der Waals surface area contributed by atoms with Crippen molar-refractivity contribution in [3.05, 3.63) is 71.2 Å². The highest BCUT2D eigenvalue weighted by Gasteiger charge is 2.11. The number of halogens is 2. The van der Waals surface area contributed by atoms with Crippen LogP contribution in [0.3, 0.4) is 0 Å². The molecule has 0 spiro atoms. The van der Waals surface area contributed by atoms with Gasteiger partial charge in [-0.15, -0.1) is 0 Å². The zero-order valence-corrected chi connectivity index (χ0v) is 15.7. The fourth-order valence-corrected chi connectivity index (χ4v) is 2.59. The Morgan fingerprint density at radius 3 is 2.71 bits per heavy atom. The molecule has 2 amide bonds. The van der Waals surface area contributed by atoms with Gasteiger partial charge in [0.05, 0.1) is 11.9 Å². The summed E-state index contributed by atoms with van der Waals surface area (Å²) in [6.07, 6.45) is 4.91. The largest absolute Gasteiger partial charge is 0.347 e. The van der Waals surface area contributed by atoms with Gasteiger partial charge in [-0.3, -0.25) is 14.2 Å². The molecule has 3 aromatic rings. The van der Waals surface area contributed by atoms with Crippen LogP contribution in [0, 0.1) is 5.82 Å². The van der Waals surface area contributed by atoms with Gasteiger partial charge in [0, 0.05) is 24.2 Å². The quantitative estimate of drug-likeness (QED) is 0.663. The van der Waals surface area contributed by atoms with E-state index < -0.39 is 11.7 Å². The summed E-state index contributed by atoms with van der Waals surface area (Å²) in [4.78, 5) is 32.0. The third kappa shape index (κ3) is 4.72. The summed E-state index contributed by atoms with van der Waals surface area (Å²) in [5.41, 5.74) is 1.38. The minimum absolute atomic E-state index is 0.0996. The lowest BCUT2D eigenvalue weighted by Gasteiger charge is -2.06. The van der Waals surface area contributed by atoms with Crippen molar-refractivity contribution >= 4 is 29.1 Å². The van der Waals surface area contributed by atoms with Crippen LogP contribution in [-0.2, 0) is 11.3 Å². The normalized spacial score (nSPS) is 10.5. The highest BCUT2D eigenvalue weighted by atomic mass is 35.5. The first-order valence-corrected chi connectivity index (χ1v) is 8.86. The maximum atomic E-state index is 13.1. The highest BCUT2D eigenvalue weighted by Crippen LogP contribution is 2.17. The second kappa shape index (κ2) is 8.62. The van der Waals surface area contributed by atoms with Crippen LogP contribution in [0.25, 0.3) is 5.82 Å². The first-order valence-electron chi connectivity index (χ1n) is 8.48. The summed E-state index contributed by atoms with van der Waals surface area (Å²) in [5.74, 6) is -0.391. The van der Waals surface area contributed by atoms with Crippen molar-refractivity contribution in [1.82, 2.24) is 19.9 Å². The van der Waals surface area contributed by atoms with Crippen molar-refractivity contribution in [2.24, 2.45) is 0 Å². The fraction of sp³-hybridized carbons (Fsp3) is 0.158. The van der Waals surface area contributed by atoms with Gasteiger partial charge >= 0.3 is 0 Å². The first kappa shape index (κ1) is 19.5. The van der Waals surface area contributed by atoms with Gasteiger partial charge in [-0.25, -0.2) is 14.4 Å². The summed E-state index contributed by atoms with van der Waals surface area (Å²) >= 11 is 5.95. The number of nitrogens with one attached hydrogen (secondary N) is 2. The first-order chi connectivity index (χ1) is 13.5. The molecule has 0 saturated heterocycles. The van der Waals surface area contributed by atoms with Gasteiger partial charge in [0.25, 0.3) is 5.91 Å². The van der Waals surface area contributed by atoms with Crippen molar-refractivity contribution < 1.29 is 14.0 Å². The Hall–Kier alpha value is -3.26. The van der Waals surface area contributed by atoms with Crippen molar-refractivity contribution in [2.75, 3.05) is 5.32 Å². The Kier molecular flexibility index (Phi) is 6.00. The van der Waals surface area contributed by atoms with Crippen molar-refractivity contribution in [1.29, 1.82) is 0 Å². The number of amides is 2. The van der Waals surface area contributed by atoms with Gasteiger partial charge in [-0.1, -0.05) is 24.6 Å². The molecule has 7 nitrogen and oxygen atoms in total. The van der Waals surface area contributed by atoms with Crippen molar-refractivity contribution in [3.8, 4) is 5.82 Å². The maximum absolute atomic E-state index is 13.1. The molecule has 1 aromatic carbocycles. The van der Waals surface area contributed by atoms with Gasteiger partial charge in [-0.2, -0.15) is 0 Å². The Bertz CT molecular complexity index is 1000. The van der Waals surface area contributed by atoms with E-state index in [4.69, 9.17) is 11.6 Å². The van der Waals surface area contributed by atoms with Crippen LogP contribution in [0.1, 0.15) is 29.4 Å². The molecule has 0 aliphatic heterocycles. The summed E-state index contributed by atoms with van der Waals surface area (Å²) < 4.78 is 14.7. The summed E-state index contributed by atoms with van der Waals surface area (Å²) in [6, 6.07) is 7.40. The molecule has 0 bridgehead atoms. The number of pyridine rings is 1. The SMILES string of the molecule is CCC(=O)Nc1ccc(-n2cnc(C(=O)NCc3ccc(F)cc3Cl)c2)nc1. The smallest absolute Gasteiger partial charge is 0.271 e. The van der Waals surface area contributed by atoms with E-state index in [-0.39, 0.29) is 23.2 Å². The summed E-state index contributed by atoms with van der Waals surface area (Å²) in [7, 11) is 0. The number of imidazole rings is 1. The minimum Gasteiger partial charge on any atom is -0.347 e. The van der Waals surface area contributed by atoms with Crippen LogP contribution in [0.15, 0.2) is 49.1 Å². The van der Waals surface area contributed by atoms with Crippen molar-refractivity contribution in [3.63, 3.8) is 0 Å². The van der Waals surface area contributed by atoms with Crippen LogP contribution >= 0.6 is 11.6 Å². The second-order valence-electron chi connectivity index (χ2n) is 5.89. The van der Waals surface area contributed by atoms with E-state index in [2.05, 4.69) is 20.6 Å². The summed E-state index contributed by atoms with van der Waals surface area (Å²) in [6.45, 7) is 1.91. The molecule has 0 aliphatic carbocycles. The minimum atomic E-state index is -0.438. The van der Waals surface area contributed by atoms with E-state index in [1.807, 2.05) is 0 Å². The van der Waals surface area contributed by atoms with Gasteiger partial charge in [0.15, 0.2) is 0 Å². The predicted molar refractivity (Wildman–Crippen MR) is 103 cm³/mol. The van der Waals surface area contributed by atoms with E-state index in [0.717, 1.165) is 0 Å². The monoisotopic (exact) mass is 401 g/mol. The van der Waals surface area contributed by atoms with E-state index in [9.17, 15) is 14.0 Å². The Labute approximate surface area is 165 Å². The molecule has 2 heterocycles. The van der Waals surface area contributed by atoms with Gasteiger partial charge in [0.2, 0.25) is 5.91 Å². The molecule has 2 aromatic heterocycles. The number of rotatable bonds is 6. The molecule has 28 heavy (non-hydrogen) atoms. The lowest BCUT2D eigenvalue weighted by molar-refractivity contribution is -0.115. The molecule has 144 valence electrons. The Balaban J connectivity index is 1.64. The Morgan fingerprint density at radius 2 is 2.04 bits per heavy atom. The number of carbonyl (C=O) groups excluding carboxylic acids is 2. The fourth-order valence-electron chi connectivity index (χ4n) is 2.36. The molecule has 2 N–H and O–H groups in total. The second-order valence-corrected chi connectivity index (χ2v) is 6.30. The topological polar surface area (TPSA) is 88.9 Å². The molecule has 0 fully saturated rings. The van der Waals surface area contributed by atoms with Gasteiger partial charge in [0.1, 0.15) is 23.7 Å². The molecule has 0 aliphatic rings. The molecule has 0 radical (unpaired) electrons. The van der Waals surface area contributed by atoms with Crippen LogP contribution in [0.5, 0.6) is 0 Å².